The van der Waals surface area contributed by atoms with Crippen LogP contribution in [0, 0.1) is 6.92 Å². The predicted octanol–water partition coefficient (Wildman–Crippen LogP) is 1.96. The number of nitrogen functional groups attached to an aromatic ring is 1. The monoisotopic (exact) mass is 350 g/mol. The van der Waals surface area contributed by atoms with Crippen molar-refractivity contribution >= 4 is 28.7 Å². The number of H-pyrrole nitrogens is 1. The topological polar surface area (TPSA) is 101 Å². The van der Waals surface area contributed by atoms with Gasteiger partial charge in [-0.3, -0.25) is 19.1 Å². The smallest absolute Gasteiger partial charge is 0.330 e. The SMILES string of the molecule is CCCCn1c(N)c(N(CC)C(=O)c2ccc(C)s2)c(=O)[nH]c1=O. The summed E-state index contributed by atoms with van der Waals surface area (Å²) in [5, 5.41) is 0. The van der Waals surface area contributed by atoms with Gasteiger partial charge in [-0.2, -0.15) is 0 Å². The molecule has 2 heterocycles. The van der Waals surface area contributed by atoms with Crippen molar-refractivity contribution < 1.29 is 4.79 Å². The molecule has 8 heteroatoms. The van der Waals surface area contributed by atoms with Crippen molar-refractivity contribution in [2.24, 2.45) is 0 Å². The van der Waals surface area contributed by atoms with Crippen LogP contribution in [0.3, 0.4) is 0 Å². The Morgan fingerprint density at radius 1 is 1.33 bits per heavy atom. The number of amides is 1. The molecule has 0 unspecified atom stereocenters. The van der Waals surface area contributed by atoms with Crippen molar-refractivity contribution in [3.8, 4) is 0 Å². The number of carbonyl (C=O) groups is 1. The first-order chi connectivity index (χ1) is 11.4. The van der Waals surface area contributed by atoms with E-state index in [4.69, 9.17) is 5.73 Å². The maximum Gasteiger partial charge on any atom is 0.330 e. The van der Waals surface area contributed by atoms with Crippen LogP contribution in [-0.4, -0.2) is 22.0 Å². The Kier molecular flexibility index (Phi) is 5.61. The molecule has 130 valence electrons. The molecule has 0 aliphatic rings. The van der Waals surface area contributed by atoms with Crippen LogP contribution in [0.5, 0.6) is 0 Å². The lowest BCUT2D eigenvalue weighted by Crippen LogP contribution is -2.41. The molecule has 0 fully saturated rings. The molecule has 0 saturated carbocycles. The van der Waals surface area contributed by atoms with Gasteiger partial charge in [-0.1, -0.05) is 13.3 Å². The number of hydrogen-bond acceptors (Lipinski definition) is 5. The zero-order chi connectivity index (χ0) is 17.9. The van der Waals surface area contributed by atoms with Crippen LogP contribution >= 0.6 is 11.3 Å². The predicted molar refractivity (Wildman–Crippen MR) is 97.0 cm³/mol. The number of nitrogens with one attached hydrogen (secondary N) is 1. The van der Waals surface area contributed by atoms with Crippen LogP contribution in [0.4, 0.5) is 11.5 Å². The van der Waals surface area contributed by atoms with Crippen LogP contribution in [-0.2, 0) is 6.54 Å². The minimum atomic E-state index is -0.645. The van der Waals surface area contributed by atoms with E-state index in [9.17, 15) is 14.4 Å². The lowest BCUT2D eigenvalue weighted by molar-refractivity contribution is 0.0992. The second-order valence-electron chi connectivity index (χ2n) is 5.46. The Hall–Kier alpha value is -2.35. The summed E-state index contributed by atoms with van der Waals surface area (Å²) in [7, 11) is 0. The molecule has 1 amide bonds. The summed E-state index contributed by atoms with van der Waals surface area (Å²) < 4.78 is 1.32. The van der Waals surface area contributed by atoms with Gasteiger partial charge in [0.05, 0.1) is 4.88 Å². The second kappa shape index (κ2) is 7.48. The highest BCUT2D eigenvalue weighted by Gasteiger charge is 2.24. The summed E-state index contributed by atoms with van der Waals surface area (Å²) in [5.74, 6) is -0.269. The van der Waals surface area contributed by atoms with E-state index in [-0.39, 0.29) is 24.0 Å². The highest BCUT2D eigenvalue weighted by molar-refractivity contribution is 7.14. The molecule has 0 aliphatic heterocycles. The maximum absolute atomic E-state index is 12.7. The molecule has 2 aromatic rings. The number of anilines is 2. The maximum atomic E-state index is 12.7. The summed E-state index contributed by atoms with van der Waals surface area (Å²) in [6, 6.07) is 3.57. The minimum absolute atomic E-state index is 0.0284. The van der Waals surface area contributed by atoms with Crippen molar-refractivity contribution in [3.63, 3.8) is 0 Å². The summed E-state index contributed by atoms with van der Waals surface area (Å²) in [6.45, 7) is 6.33. The van der Waals surface area contributed by atoms with Gasteiger partial charge in [-0.15, -0.1) is 11.3 Å². The van der Waals surface area contributed by atoms with E-state index in [1.165, 1.54) is 20.8 Å². The molecule has 2 aromatic heterocycles. The van der Waals surface area contributed by atoms with Crippen molar-refractivity contribution in [2.45, 2.75) is 40.2 Å². The molecular formula is C16H22N4O3S. The van der Waals surface area contributed by atoms with Gasteiger partial charge in [0.25, 0.3) is 11.5 Å². The number of thiophene rings is 1. The second-order valence-corrected chi connectivity index (χ2v) is 6.75. The summed E-state index contributed by atoms with van der Waals surface area (Å²) >= 11 is 1.35. The Morgan fingerprint density at radius 2 is 2.04 bits per heavy atom. The largest absolute Gasteiger partial charge is 0.383 e. The van der Waals surface area contributed by atoms with Gasteiger partial charge in [0.2, 0.25) is 0 Å². The number of rotatable bonds is 6. The highest BCUT2D eigenvalue weighted by Crippen LogP contribution is 2.23. The van der Waals surface area contributed by atoms with Crippen LogP contribution in [0.15, 0.2) is 21.7 Å². The molecule has 24 heavy (non-hydrogen) atoms. The molecule has 3 N–H and O–H groups in total. The van der Waals surface area contributed by atoms with Crippen molar-refractivity contribution in [3.05, 3.63) is 42.7 Å². The standard InChI is InChI=1S/C16H22N4O3S/c1-4-6-9-20-13(17)12(14(21)18-16(20)23)19(5-2)15(22)11-8-7-10(3)24-11/h7-8H,4-6,9,17H2,1-3H3,(H,18,21,23). The number of aryl methyl sites for hydroxylation is 1. The fourth-order valence-electron chi connectivity index (χ4n) is 2.46. The van der Waals surface area contributed by atoms with Crippen molar-refractivity contribution in [2.75, 3.05) is 17.2 Å². The van der Waals surface area contributed by atoms with Crippen LogP contribution in [0.25, 0.3) is 0 Å². The number of nitrogens with zero attached hydrogens (tertiary/aromatic N) is 2. The molecule has 0 aliphatic carbocycles. The van der Waals surface area contributed by atoms with Gasteiger partial charge >= 0.3 is 5.69 Å². The lowest BCUT2D eigenvalue weighted by Gasteiger charge is -2.22. The van der Waals surface area contributed by atoms with E-state index in [1.807, 2.05) is 19.9 Å². The molecule has 0 radical (unpaired) electrons. The van der Waals surface area contributed by atoms with Crippen molar-refractivity contribution in [1.29, 1.82) is 0 Å². The minimum Gasteiger partial charge on any atom is -0.383 e. The van der Waals surface area contributed by atoms with E-state index in [1.54, 1.807) is 13.0 Å². The molecule has 2 rings (SSSR count). The van der Waals surface area contributed by atoms with Crippen LogP contribution in [0.1, 0.15) is 41.2 Å². The molecule has 0 spiro atoms. The number of carbonyl (C=O) groups excluding carboxylic acids is 1. The third-order valence-electron chi connectivity index (χ3n) is 3.73. The molecule has 7 nitrogen and oxygen atoms in total. The Morgan fingerprint density at radius 3 is 2.58 bits per heavy atom. The van der Waals surface area contributed by atoms with Crippen LogP contribution < -0.4 is 21.9 Å². The molecule has 0 bridgehead atoms. The number of aromatic nitrogens is 2. The highest BCUT2D eigenvalue weighted by atomic mass is 32.1. The fraction of sp³-hybridized carbons (Fsp3) is 0.438. The van der Waals surface area contributed by atoms with Gasteiger partial charge in [0, 0.05) is 18.0 Å². The molecule has 0 atom stereocenters. The van der Waals surface area contributed by atoms with E-state index in [0.29, 0.717) is 11.4 Å². The average molecular weight is 350 g/mol. The van der Waals surface area contributed by atoms with Gasteiger partial charge in [-0.05, 0) is 32.4 Å². The summed E-state index contributed by atoms with van der Waals surface area (Å²) in [6.07, 6.45) is 1.63. The third kappa shape index (κ3) is 3.43. The van der Waals surface area contributed by atoms with Gasteiger partial charge in [-0.25, -0.2) is 4.79 Å². The van der Waals surface area contributed by atoms with E-state index in [2.05, 4.69) is 4.98 Å². The van der Waals surface area contributed by atoms with Crippen molar-refractivity contribution in [1.82, 2.24) is 9.55 Å². The fourth-order valence-corrected chi connectivity index (χ4v) is 3.28. The molecule has 0 saturated heterocycles. The first-order valence-electron chi connectivity index (χ1n) is 7.91. The number of nitrogens with two attached hydrogens (primary N) is 1. The van der Waals surface area contributed by atoms with Gasteiger partial charge < -0.3 is 10.6 Å². The average Bonchev–Trinajstić information content (AvgIpc) is 2.97. The van der Waals surface area contributed by atoms with E-state index >= 15 is 0 Å². The summed E-state index contributed by atoms with van der Waals surface area (Å²) in [5.41, 5.74) is 4.91. The zero-order valence-electron chi connectivity index (χ0n) is 14.1. The van der Waals surface area contributed by atoms with Gasteiger partial charge in [0.1, 0.15) is 5.82 Å². The Bertz CT molecular complexity index is 850. The number of unbranched alkanes of at least 4 members (excludes halogenated alkanes) is 1. The Labute approximate surface area is 143 Å². The van der Waals surface area contributed by atoms with Gasteiger partial charge in [0.15, 0.2) is 5.69 Å². The normalized spacial score (nSPS) is 10.8. The molecular weight excluding hydrogens is 328 g/mol. The number of aromatic amines is 1. The third-order valence-corrected chi connectivity index (χ3v) is 4.72. The Balaban J connectivity index is 2.53. The quantitative estimate of drug-likeness (QED) is 0.831. The number of hydrogen-bond donors (Lipinski definition) is 2. The van der Waals surface area contributed by atoms with Crippen LogP contribution in [0.2, 0.25) is 0 Å². The first kappa shape index (κ1) is 18.0. The summed E-state index contributed by atoms with van der Waals surface area (Å²) in [4.78, 5) is 42.1. The lowest BCUT2D eigenvalue weighted by atomic mass is 10.3. The van der Waals surface area contributed by atoms with E-state index < -0.39 is 11.2 Å². The molecule has 0 aromatic carbocycles. The zero-order valence-corrected chi connectivity index (χ0v) is 14.9. The van der Waals surface area contributed by atoms with E-state index in [0.717, 1.165) is 17.7 Å². The first-order valence-corrected chi connectivity index (χ1v) is 8.73.